The van der Waals surface area contributed by atoms with E-state index >= 15 is 0 Å². The van der Waals surface area contributed by atoms with Crippen molar-refractivity contribution >= 4 is 0 Å². The minimum absolute atomic E-state index is 0.602. The predicted octanol–water partition coefficient (Wildman–Crippen LogP) is 4.73. The molecule has 0 bridgehead atoms. The topological polar surface area (TPSA) is 0 Å². The molecule has 0 N–H and O–H groups in total. The lowest BCUT2D eigenvalue weighted by molar-refractivity contribution is 0.0981. The van der Waals surface area contributed by atoms with Gasteiger partial charge in [-0.25, -0.2) is 0 Å². The van der Waals surface area contributed by atoms with Gasteiger partial charge in [-0.15, -0.1) is 0 Å². The van der Waals surface area contributed by atoms with Crippen molar-refractivity contribution in [1.82, 2.24) is 0 Å². The fourth-order valence-electron chi connectivity index (χ4n) is 3.62. The van der Waals surface area contributed by atoms with Gasteiger partial charge in [0, 0.05) is 0 Å². The fraction of sp³-hybridized carbons (Fsp3) is 0.733. The first kappa shape index (κ1) is 11.0. The van der Waals surface area contributed by atoms with Crippen LogP contribution < -0.4 is 0 Å². The Morgan fingerprint density at radius 2 is 2.20 bits per heavy atom. The lowest BCUT2D eigenvalue weighted by atomic mass is 9.57. The summed E-state index contributed by atoms with van der Waals surface area (Å²) in [6, 6.07) is 0. The summed E-state index contributed by atoms with van der Waals surface area (Å²) in [6.07, 6.45) is 9.30. The Hall–Kier alpha value is -0.520. The summed E-state index contributed by atoms with van der Waals surface area (Å²) < 4.78 is 0. The normalized spacial score (nSPS) is 40.6. The van der Waals surface area contributed by atoms with Gasteiger partial charge in [0.25, 0.3) is 0 Å². The summed E-state index contributed by atoms with van der Waals surface area (Å²) in [5.41, 5.74) is 3.65. The van der Waals surface area contributed by atoms with Gasteiger partial charge in [-0.1, -0.05) is 30.7 Å². The SMILES string of the molecule is C=C(C)[C@H]1CC[C@@]2(C)CCC=C(C)C2C1. The van der Waals surface area contributed by atoms with Gasteiger partial charge in [0.2, 0.25) is 0 Å². The van der Waals surface area contributed by atoms with Crippen LogP contribution in [0.5, 0.6) is 0 Å². The van der Waals surface area contributed by atoms with Gasteiger partial charge < -0.3 is 0 Å². The molecule has 2 aliphatic rings. The quantitative estimate of drug-likeness (QED) is 0.542. The first-order chi connectivity index (χ1) is 7.03. The minimum Gasteiger partial charge on any atom is -0.0999 e. The third-order valence-electron chi connectivity index (χ3n) is 4.85. The van der Waals surface area contributed by atoms with Crippen LogP contribution in [0, 0.1) is 17.3 Å². The van der Waals surface area contributed by atoms with Gasteiger partial charge in [-0.05, 0) is 63.2 Å². The van der Waals surface area contributed by atoms with Crippen LogP contribution in [0.1, 0.15) is 52.9 Å². The van der Waals surface area contributed by atoms with E-state index in [9.17, 15) is 0 Å². The maximum Gasteiger partial charge on any atom is -0.0146 e. The molecule has 2 aliphatic carbocycles. The zero-order valence-corrected chi connectivity index (χ0v) is 10.5. The van der Waals surface area contributed by atoms with Crippen LogP contribution in [0.2, 0.25) is 0 Å². The summed E-state index contributed by atoms with van der Waals surface area (Å²) in [5, 5.41) is 0. The average Bonchev–Trinajstić information content (AvgIpc) is 2.17. The van der Waals surface area contributed by atoms with E-state index in [0.717, 1.165) is 11.8 Å². The zero-order valence-electron chi connectivity index (χ0n) is 10.5. The molecule has 0 aromatic rings. The van der Waals surface area contributed by atoms with Gasteiger partial charge in [-0.2, -0.15) is 0 Å². The van der Waals surface area contributed by atoms with E-state index in [1.54, 1.807) is 5.57 Å². The van der Waals surface area contributed by atoms with Crippen molar-refractivity contribution in [2.45, 2.75) is 52.9 Å². The molecule has 3 atom stereocenters. The largest absolute Gasteiger partial charge is 0.0999 e. The molecule has 1 fully saturated rings. The summed E-state index contributed by atoms with van der Waals surface area (Å²) >= 11 is 0. The molecule has 0 aromatic heterocycles. The summed E-state index contributed by atoms with van der Waals surface area (Å²) in [6.45, 7) is 11.2. The Bertz CT molecular complexity index is 297. The van der Waals surface area contributed by atoms with Crippen molar-refractivity contribution < 1.29 is 0 Å². The minimum atomic E-state index is 0.602. The molecule has 0 heteroatoms. The van der Waals surface area contributed by atoms with Crippen molar-refractivity contribution in [1.29, 1.82) is 0 Å². The third-order valence-corrected chi connectivity index (χ3v) is 4.85. The van der Waals surface area contributed by atoms with E-state index in [4.69, 9.17) is 0 Å². The molecule has 0 amide bonds. The van der Waals surface area contributed by atoms with Crippen LogP contribution in [0.15, 0.2) is 23.8 Å². The Morgan fingerprint density at radius 3 is 2.87 bits per heavy atom. The molecule has 0 heterocycles. The molecule has 0 spiro atoms. The fourth-order valence-corrected chi connectivity index (χ4v) is 3.62. The zero-order chi connectivity index (χ0) is 11.1. The summed E-state index contributed by atoms with van der Waals surface area (Å²) in [5.74, 6) is 1.62. The van der Waals surface area contributed by atoms with Gasteiger partial charge in [0.15, 0.2) is 0 Å². The molecule has 0 radical (unpaired) electrons. The van der Waals surface area contributed by atoms with Crippen LogP contribution >= 0.6 is 0 Å². The molecular weight excluding hydrogens is 180 g/mol. The van der Waals surface area contributed by atoms with Crippen molar-refractivity contribution in [2.75, 3.05) is 0 Å². The van der Waals surface area contributed by atoms with E-state index in [-0.39, 0.29) is 0 Å². The van der Waals surface area contributed by atoms with Crippen LogP contribution in [0.4, 0.5) is 0 Å². The van der Waals surface area contributed by atoms with Gasteiger partial charge >= 0.3 is 0 Å². The molecule has 0 nitrogen and oxygen atoms in total. The maximum atomic E-state index is 4.14. The number of hydrogen-bond donors (Lipinski definition) is 0. The lowest BCUT2D eigenvalue weighted by Crippen LogP contribution is -2.37. The van der Waals surface area contributed by atoms with E-state index in [2.05, 4.69) is 33.4 Å². The van der Waals surface area contributed by atoms with E-state index in [1.165, 1.54) is 37.7 Å². The molecule has 15 heavy (non-hydrogen) atoms. The Kier molecular flexibility index (Phi) is 2.79. The van der Waals surface area contributed by atoms with E-state index in [0.29, 0.717) is 5.41 Å². The number of allylic oxidation sites excluding steroid dienone is 3. The first-order valence-electron chi connectivity index (χ1n) is 6.35. The van der Waals surface area contributed by atoms with Crippen LogP contribution in [-0.2, 0) is 0 Å². The summed E-state index contributed by atoms with van der Waals surface area (Å²) in [7, 11) is 0. The molecule has 0 saturated heterocycles. The van der Waals surface area contributed by atoms with Crippen molar-refractivity contribution in [2.24, 2.45) is 17.3 Å². The maximum absolute atomic E-state index is 4.14. The molecule has 1 unspecified atom stereocenters. The highest BCUT2D eigenvalue weighted by molar-refractivity contribution is 5.16. The van der Waals surface area contributed by atoms with Crippen LogP contribution in [0.3, 0.4) is 0 Å². The number of fused-ring (bicyclic) bond motifs is 1. The average molecular weight is 204 g/mol. The van der Waals surface area contributed by atoms with E-state index < -0.39 is 0 Å². The number of rotatable bonds is 1. The first-order valence-corrected chi connectivity index (χ1v) is 6.35. The van der Waals surface area contributed by atoms with Gasteiger partial charge in [-0.3, -0.25) is 0 Å². The monoisotopic (exact) mass is 204 g/mol. The predicted molar refractivity (Wildman–Crippen MR) is 66.7 cm³/mol. The van der Waals surface area contributed by atoms with Gasteiger partial charge in [0.05, 0.1) is 0 Å². The molecular formula is C15H24. The smallest absolute Gasteiger partial charge is 0.0146 e. The molecule has 84 valence electrons. The molecule has 1 saturated carbocycles. The van der Waals surface area contributed by atoms with Crippen molar-refractivity contribution in [3.63, 3.8) is 0 Å². The third kappa shape index (κ3) is 1.91. The second-order valence-electron chi connectivity index (χ2n) is 6.01. The second kappa shape index (κ2) is 3.81. The Labute approximate surface area is 94.5 Å². The molecule has 2 rings (SSSR count). The Balaban J connectivity index is 2.19. The lowest BCUT2D eigenvalue weighted by Gasteiger charge is -2.47. The highest BCUT2D eigenvalue weighted by atomic mass is 14.5. The molecule has 0 aliphatic heterocycles. The Morgan fingerprint density at radius 1 is 1.47 bits per heavy atom. The standard InChI is InChI=1S/C15H24/c1-11(2)13-7-9-15(4)8-5-6-12(3)14(15)10-13/h6,13-14H,1,5,7-10H2,2-4H3/t13-,14?,15+/m0/s1. The van der Waals surface area contributed by atoms with Crippen LogP contribution in [0.25, 0.3) is 0 Å². The second-order valence-corrected chi connectivity index (χ2v) is 6.01. The van der Waals surface area contributed by atoms with Gasteiger partial charge in [0.1, 0.15) is 0 Å². The van der Waals surface area contributed by atoms with Crippen molar-refractivity contribution in [3.8, 4) is 0 Å². The highest BCUT2D eigenvalue weighted by Gasteiger charge is 2.41. The van der Waals surface area contributed by atoms with Crippen molar-refractivity contribution in [3.05, 3.63) is 23.8 Å². The van der Waals surface area contributed by atoms with E-state index in [1.807, 2.05) is 0 Å². The molecule has 0 aromatic carbocycles. The van der Waals surface area contributed by atoms with Crippen LogP contribution in [-0.4, -0.2) is 0 Å². The summed E-state index contributed by atoms with van der Waals surface area (Å²) in [4.78, 5) is 0. The highest BCUT2D eigenvalue weighted by Crippen LogP contribution is 2.52. The number of hydrogen-bond acceptors (Lipinski definition) is 0.